The Kier molecular flexibility index (Phi) is 22.2. The number of rotatable bonds is 0. The van der Waals surface area contributed by atoms with Crippen molar-refractivity contribution in [2.24, 2.45) is 0 Å². The summed E-state index contributed by atoms with van der Waals surface area (Å²) in [5.74, 6) is 0. The molecular formula is BO2Ti. The first kappa shape index (κ1) is 8.83. The molecule has 0 saturated heterocycles. The zero-order valence-corrected chi connectivity index (χ0v) is 3.46. The average molecular weight is 90.7 g/mol. The summed E-state index contributed by atoms with van der Waals surface area (Å²) < 4.78 is 17.0. The third-order valence-electron chi connectivity index (χ3n) is 0. The average Bonchev–Trinajstić information content (AvgIpc) is 0.918. The van der Waals surface area contributed by atoms with Crippen molar-refractivity contribution in [3.8, 4) is 0 Å². The van der Waals surface area contributed by atoms with E-state index in [-0.39, 0.29) is 8.41 Å². The summed E-state index contributed by atoms with van der Waals surface area (Å²) in [5, 5.41) is 0. The van der Waals surface area contributed by atoms with Gasteiger partial charge in [-0.05, 0) is 0 Å². The summed E-state index contributed by atoms with van der Waals surface area (Å²) in [7, 11) is 0. The van der Waals surface area contributed by atoms with Crippen molar-refractivity contribution < 1.29 is 25.7 Å². The molecule has 0 bridgehead atoms. The van der Waals surface area contributed by atoms with E-state index in [0.717, 1.165) is 0 Å². The van der Waals surface area contributed by atoms with Crippen molar-refractivity contribution in [3.05, 3.63) is 0 Å². The Hall–Kier alpha value is 0.379. The van der Waals surface area contributed by atoms with E-state index in [9.17, 15) is 0 Å². The van der Waals surface area contributed by atoms with Crippen molar-refractivity contribution in [1.82, 2.24) is 0 Å². The molecule has 0 aromatic heterocycles. The quantitative estimate of drug-likeness (QED) is 0.372. The van der Waals surface area contributed by atoms with Gasteiger partial charge in [0, 0.05) is 8.41 Å². The second-order valence-electron chi connectivity index (χ2n) is 0.0833. The molecule has 4 heteroatoms. The predicted octanol–water partition coefficient (Wildman–Crippen LogP) is -0.621. The molecule has 0 fully saturated rings. The van der Waals surface area contributed by atoms with Gasteiger partial charge in [0.15, 0.2) is 0 Å². The number of hydrogen-bond acceptors (Lipinski definition) is 2. The molecule has 2 nitrogen and oxygen atoms in total. The van der Waals surface area contributed by atoms with Gasteiger partial charge in [0.25, 0.3) is 0 Å². The number of hydrogen-bond donors (Lipinski definition) is 0. The van der Waals surface area contributed by atoms with E-state index in [1.54, 1.807) is 0 Å². The van der Waals surface area contributed by atoms with Crippen LogP contribution in [0.1, 0.15) is 0 Å². The second-order valence-corrected chi connectivity index (χ2v) is 0.344. The Balaban J connectivity index is 0. The Bertz CT molecular complexity index is 27.0. The van der Waals surface area contributed by atoms with Gasteiger partial charge in [0.05, 0.1) is 0 Å². The van der Waals surface area contributed by atoms with E-state index < -0.39 is 19.1 Å². The molecule has 0 aliphatic carbocycles. The molecule has 0 spiro atoms. The summed E-state index contributed by atoms with van der Waals surface area (Å²) in [6.07, 6.45) is 0. The molecule has 0 N–H and O–H groups in total. The minimum absolute atomic E-state index is 0. The third kappa shape index (κ3) is 31.5. The van der Waals surface area contributed by atoms with Gasteiger partial charge in [0.1, 0.15) is 0 Å². The monoisotopic (exact) mass is 90.9 g/mol. The Labute approximate surface area is 34.7 Å². The SMILES string of the molecule is [B].[O]=[Ti]=[O]. The molecule has 0 atom stereocenters. The Morgan fingerprint density at radius 3 is 1.25 bits per heavy atom. The fourth-order valence-electron chi connectivity index (χ4n) is 0. The fraction of sp³-hybridized carbons (Fsp3) is 0. The van der Waals surface area contributed by atoms with Gasteiger partial charge >= 0.3 is 25.7 Å². The van der Waals surface area contributed by atoms with E-state index >= 15 is 0 Å². The standard InChI is InChI=1S/B.2O.Ti. The molecule has 0 amide bonds. The molecule has 0 heterocycles. The summed E-state index contributed by atoms with van der Waals surface area (Å²) in [6.45, 7) is 0. The van der Waals surface area contributed by atoms with Crippen LogP contribution < -0.4 is 0 Å². The molecule has 0 aliphatic heterocycles. The minimum atomic E-state index is -2.00. The van der Waals surface area contributed by atoms with Crippen LogP contribution in [0.5, 0.6) is 0 Å². The molecule has 0 aromatic rings. The van der Waals surface area contributed by atoms with E-state index in [4.69, 9.17) is 6.65 Å². The molecule has 19 valence electrons. The van der Waals surface area contributed by atoms with Crippen molar-refractivity contribution >= 4 is 8.41 Å². The van der Waals surface area contributed by atoms with E-state index in [1.807, 2.05) is 0 Å². The van der Waals surface area contributed by atoms with Crippen molar-refractivity contribution in [1.29, 1.82) is 0 Å². The van der Waals surface area contributed by atoms with Gasteiger partial charge in [-0.1, -0.05) is 0 Å². The fourth-order valence-corrected chi connectivity index (χ4v) is 0. The van der Waals surface area contributed by atoms with Crippen molar-refractivity contribution in [2.75, 3.05) is 0 Å². The zero-order chi connectivity index (χ0) is 2.71. The van der Waals surface area contributed by atoms with E-state index in [1.165, 1.54) is 0 Å². The van der Waals surface area contributed by atoms with Gasteiger partial charge < -0.3 is 0 Å². The van der Waals surface area contributed by atoms with Crippen LogP contribution in [-0.4, -0.2) is 8.41 Å². The zero-order valence-electron chi connectivity index (χ0n) is 1.89. The van der Waals surface area contributed by atoms with E-state index in [0.29, 0.717) is 0 Å². The van der Waals surface area contributed by atoms with Crippen LogP contribution in [0.15, 0.2) is 0 Å². The molecule has 3 radical (unpaired) electrons. The van der Waals surface area contributed by atoms with Crippen LogP contribution in [0.25, 0.3) is 0 Å². The molecule has 0 rings (SSSR count). The third-order valence-corrected chi connectivity index (χ3v) is 0. The van der Waals surface area contributed by atoms with Crippen LogP contribution in [0, 0.1) is 0 Å². The molecule has 0 unspecified atom stereocenters. The summed E-state index contributed by atoms with van der Waals surface area (Å²) in [6, 6.07) is 0. The predicted molar refractivity (Wildman–Crippen MR) is 7.13 cm³/mol. The topological polar surface area (TPSA) is 34.1 Å². The Morgan fingerprint density at radius 2 is 1.25 bits per heavy atom. The normalized spacial score (nSPS) is 2.00. The maximum atomic E-state index is 8.50. The van der Waals surface area contributed by atoms with Crippen LogP contribution in [0.4, 0.5) is 0 Å². The van der Waals surface area contributed by atoms with Crippen molar-refractivity contribution in [3.63, 3.8) is 0 Å². The first-order chi connectivity index (χ1) is 1.41. The summed E-state index contributed by atoms with van der Waals surface area (Å²) >= 11 is -2.00. The molecular weight excluding hydrogens is 90.7 g/mol. The van der Waals surface area contributed by atoms with Crippen LogP contribution in [0.3, 0.4) is 0 Å². The molecule has 4 heavy (non-hydrogen) atoms. The van der Waals surface area contributed by atoms with Crippen LogP contribution in [-0.2, 0) is 25.7 Å². The summed E-state index contributed by atoms with van der Waals surface area (Å²) in [4.78, 5) is 0. The van der Waals surface area contributed by atoms with Crippen LogP contribution in [0.2, 0.25) is 0 Å². The molecule has 0 aliphatic rings. The van der Waals surface area contributed by atoms with Gasteiger partial charge in [-0.2, -0.15) is 0 Å². The molecule has 0 aromatic carbocycles. The summed E-state index contributed by atoms with van der Waals surface area (Å²) in [5.41, 5.74) is 0. The molecule has 0 saturated carbocycles. The van der Waals surface area contributed by atoms with Gasteiger partial charge in [-0.25, -0.2) is 0 Å². The van der Waals surface area contributed by atoms with Gasteiger partial charge in [-0.15, -0.1) is 0 Å². The van der Waals surface area contributed by atoms with Crippen LogP contribution >= 0.6 is 0 Å². The van der Waals surface area contributed by atoms with Crippen molar-refractivity contribution in [2.45, 2.75) is 0 Å². The first-order valence-electron chi connectivity index (χ1n) is 0.408. The maximum absolute atomic E-state index is 8.50. The second kappa shape index (κ2) is 10.1. The van der Waals surface area contributed by atoms with Gasteiger partial charge in [0.2, 0.25) is 0 Å². The van der Waals surface area contributed by atoms with E-state index in [2.05, 4.69) is 0 Å². The van der Waals surface area contributed by atoms with Gasteiger partial charge in [-0.3, -0.25) is 0 Å². The Morgan fingerprint density at radius 1 is 1.25 bits per heavy atom. The first-order valence-corrected chi connectivity index (χ1v) is 1.68.